The smallest absolute Gasteiger partial charge is 0.338 e. The Kier molecular flexibility index (Phi) is 6.47. The van der Waals surface area contributed by atoms with E-state index in [-0.39, 0.29) is 17.7 Å². The maximum atomic E-state index is 12.1. The number of benzene rings is 3. The first kappa shape index (κ1) is 19.9. The zero-order valence-corrected chi connectivity index (χ0v) is 15.9. The molecule has 3 aromatic carbocycles. The van der Waals surface area contributed by atoms with Gasteiger partial charge in [0.2, 0.25) is 0 Å². The van der Waals surface area contributed by atoms with E-state index in [4.69, 9.17) is 14.6 Å². The molecule has 3 rings (SSSR count). The molecule has 0 fully saturated rings. The Morgan fingerprint density at radius 1 is 0.862 bits per heavy atom. The van der Waals surface area contributed by atoms with Crippen molar-refractivity contribution in [3.05, 3.63) is 90.0 Å². The highest BCUT2D eigenvalue weighted by atomic mass is 16.6. The highest BCUT2D eigenvalue weighted by Gasteiger charge is 2.13. The van der Waals surface area contributed by atoms with Crippen LogP contribution in [0.15, 0.2) is 78.9 Å². The van der Waals surface area contributed by atoms with Gasteiger partial charge in [-0.2, -0.15) is 0 Å². The van der Waals surface area contributed by atoms with Gasteiger partial charge >= 0.3 is 11.9 Å². The normalized spacial score (nSPS) is 11.3. The topological polar surface area (TPSA) is 84.9 Å². The van der Waals surface area contributed by atoms with Gasteiger partial charge in [0.1, 0.15) is 18.5 Å². The summed E-state index contributed by atoms with van der Waals surface area (Å²) in [6.45, 7) is 1.93. The molecule has 1 unspecified atom stereocenters. The zero-order chi connectivity index (χ0) is 20.6. The summed E-state index contributed by atoms with van der Waals surface area (Å²) >= 11 is 0. The molecule has 0 spiro atoms. The van der Waals surface area contributed by atoms with Gasteiger partial charge in [0.15, 0.2) is 0 Å². The molecule has 148 valence electrons. The van der Waals surface area contributed by atoms with E-state index >= 15 is 0 Å². The monoisotopic (exact) mass is 391 g/mol. The molecule has 0 aromatic heterocycles. The highest BCUT2D eigenvalue weighted by molar-refractivity contribution is 5.92. The quantitative estimate of drug-likeness (QED) is 0.539. The van der Waals surface area contributed by atoms with Crippen molar-refractivity contribution in [1.29, 1.82) is 0 Å². The summed E-state index contributed by atoms with van der Waals surface area (Å²) in [7, 11) is 0. The molecule has 0 aliphatic heterocycles. The third-order valence-corrected chi connectivity index (χ3v) is 4.08. The van der Waals surface area contributed by atoms with Gasteiger partial charge in [0.25, 0.3) is 0 Å². The number of hydrogen-bond donors (Lipinski definition) is 2. The lowest BCUT2D eigenvalue weighted by atomic mass is 10.1. The minimum Gasteiger partial charge on any atom is -0.490 e. The lowest BCUT2D eigenvalue weighted by Crippen LogP contribution is -2.22. The van der Waals surface area contributed by atoms with Crippen LogP contribution in [0.1, 0.15) is 27.6 Å². The van der Waals surface area contributed by atoms with E-state index in [9.17, 15) is 9.59 Å². The number of aromatic carboxylic acids is 1. The Morgan fingerprint density at radius 2 is 1.45 bits per heavy atom. The van der Waals surface area contributed by atoms with Crippen LogP contribution in [0.5, 0.6) is 5.75 Å². The molecule has 0 heterocycles. The summed E-state index contributed by atoms with van der Waals surface area (Å²) in [5.74, 6) is -0.908. The van der Waals surface area contributed by atoms with Crippen molar-refractivity contribution in [2.45, 2.75) is 13.0 Å². The maximum absolute atomic E-state index is 12.1. The van der Waals surface area contributed by atoms with Crippen LogP contribution in [-0.2, 0) is 4.74 Å². The molecule has 0 bridgehead atoms. The Labute approximate surface area is 168 Å². The summed E-state index contributed by atoms with van der Waals surface area (Å²) < 4.78 is 11.0. The van der Waals surface area contributed by atoms with Gasteiger partial charge in [-0.3, -0.25) is 0 Å². The van der Waals surface area contributed by atoms with Crippen LogP contribution in [0.2, 0.25) is 0 Å². The lowest BCUT2D eigenvalue weighted by molar-refractivity contribution is 0.0228. The van der Waals surface area contributed by atoms with Crippen LogP contribution in [0.3, 0.4) is 0 Å². The summed E-state index contributed by atoms with van der Waals surface area (Å²) in [4.78, 5) is 23.0. The number of carbonyl (C=O) groups excluding carboxylic acids is 1. The SMILES string of the molecule is CC(COc1ccc(Nc2ccccc2)cc1)OC(=O)c1ccc(C(=O)O)cc1. The van der Waals surface area contributed by atoms with Gasteiger partial charge in [0, 0.05) is 11.4 Å². The Bertz CT molecular complexity index is 953. The summed E-state index contributed by atoms with van der Waals surface area (Å²) in [6, 6.07) is 22.9. The number of carboxylic acids is 1. The van der Waals surface area contributed by atoms with Crippen LogP contribution < -0.4 is 10.1 Å². The zero-order valence-electron chi connectivity index (χ0n) is 15.9. The van der Waals surface area contributed by atoms with Gasteiger partial charge in [-0.05, 0) is 67.6 Å². The molecule has 0 saturated heterocycles. The van der Waals surface area contributed by atoms with Crippen LogP contribution in [0, 0.1) is 0 Å². The van der Waals surface area contributed by atoms with Crippen molar-refractivity contribution in [2.24, 2.45) is 0 Å². The highest BCUT2D eigenvalue weighted by Crippen LogP contribution is 2.20. The number of para-hydroxylation sites is 1. The van der Waals surface area contributed by atoms with Crippen molar-refractivity contribution in [3.8, 4) is 5.75 Å². The van der Waals surface area contributed by atoms with E-state index in [1.54, 1.807) is 6.92 Å². The van der Waals surface area contributed by atoms with Gasteiger partial charge in [0.05, 0.1) is 11.1 Å². The number of nitrogens with one attached hydrogen (secondary N) is 1. The van der Waals surface area contributed by atoms with Crippen molar-refractivity contribution >= 4 is 23.3 Å². The average molecular weight is 391 g/mol. The van der Waals surface area contributed by atoms with E-state index in [1.807, 2.05) is 54.6 Å². The molecule has 2 N–H and O–H groups in total. The number of esters is 1. The first-order valence-electron chi connectivity index (χ1n) is 9.10. The summed E-state index contributed by atoms with van der Waals surface area (Å²) in [6.07, 6.45) is -0.469. The Hall–Kier alpha value is -3.80. The third-order valence-electron chi connectivity index (χ3n) is 4.08. The van der Waals surface area contributed by atoms with E-state index in [0.29, 0.717) is 5.75 Å². The maximum Gasteiger partial charge on any atom is 0.338 e. The second-order valence-corrected chi connectivity index (χ2v) is 6.42. The molecule has 0 aliphatic rings. The predicted octanol–water partition coefficient (Wildman–Crippen LogP) is 4.75. The number of hydrogen-bond acceptors (Lipinski definition) is 5. The van der Waals surface area contributed by atoms with Crippen LogP contribution in [0.25, 0.3) is 0 Å². The number of anilines is 2. The first-order valence-corrected chi connectivity index (χ1v) is 9.10. The molecular formula is C23H21NO5. The molecular weight excluding hydrogens is 370 g/mol. The molecule has 0 aliphatic carbocycles. The Morgan fingerprint density at radius 3 is 2.07 bits per heavy atom. The molecule has 3 aromatic rings. The number of rotatable bonds is 8. The van der Waals surface area contributed by atoms with E-state index in [1.165, 1.54) is 24.3 Å². The average Bonchev–Trinajstić information content (AvgIpc) is 2.74. The second-order valence-electron chi connectivity index (χ2n) is 6.42. The third kappa shape index (κ3) is 5.84. The molecule has 0 saturated carbocycles. The van der Waals surface area contributed by atoms with Gasteiger partial charge in [-0.1, -0.05) is 18.2 Å². The van der Waals surface area contributed by atoms with Crippen molar-refractivity contribution in [1.82, 2.24) is 0 Å². The molecule has 0 radical (unpaired) electrons. The first-order chi connectivity index (χ1) is 14.0. The van der Waals surface area contributed by atoms with Crippen molar-refractivity contribution < 1.29 is 24.2 Å². The molecule has 6 nitrogen and oxygen atoms in total. The summed E-state index contributed by atoms with van der Waals surface area (Å²) in [5, 5.41) is 12.2. The van der Waals surface area contributed by atoms with Crippen LogP contribution >= 0.6 is 0 Å². The fourth-order valence-corrected chi connectivity index (χ4v) is 2.57. The van der Waals surface area contributed by atoms with Crippen molar-refractivity contribution in [2.75, 3.05) is 11.9 Å². The second kappa shape index (κ2) is 9.41. The van der Waals surface area contributed by atoms with Gasteiger partial charge in [-0.15, -0.1) is 0 Å². The minimum atomic E-state index is -1.04. The van der Waals surface area contributed by atoms with Crippen LogP contribution in [-0.4, -0.2) is 29.8 Å². The summed E-state index contributed by atoms with van der Waals surface area (Å²) in [5.41, 5.74) is 2.34. The Balaban J connectivity index is 1.47. The van der Waals surface area contributed by atoms with Gasteiger partial charge < -0.3 is 19.9 Å². The minimum absolute atomic E-state index is 0.114. The molecule has 0 amide bonds. The lowest BCUT2D eigenvalue weighted by Gasteiger charge is -2.15. The van der Waals surface area contributed by atoms with Gasteiger partial charge in [-0.25, -0.2) is 9.59 Å². The fourth-order valence-electron chi connectivity index (χ4n) is 2.57. The largest absolute Gasteiger partial charge is 0.490 e. The molecule has 1 atom stereocenters. The molecule has 6 heteroatoms. The number of ether oxygens (including phenoxy) is 2. The van der Waals surface area contributed by atoms with E-state index in [2.05, 4.69) is 5.32 Å². The van der Waals surface area contributed by atoms with Crippen molar-refractivity contribution in [3.63, 3.8) is 0 Å². The number of carboxylic acid groups (broad SMARTS) is 1. The molecule has 29 heavy (non-hydrogen) atoms. The van der Waals surface area contributed by atoms with Crippen LogP contribution in [0.4, 0.5) is 11.4 Å². The van der Waals surface area contributed by atoms with E-state index in [0.717, 1.165) is 11.4 Å². The fraction of sp³-hybridized carbons (Fsp3) is 0.130. The number of carbonyl (C=O) groups is 2. The standard InChI is InChI=1S/C23H21NO5/c1-16(29-23(27)18-9-7-17(8-10-18)22(25)26)15-28-21-13-11-20(12-14-21)24-19-5-3-2-4-6-19/h2-14,16,24H,15H2,1H3,(H,25,26). The predicted molar refractivity (Wildman–Crippen MR) is 110 cm³/mol. The van der Waals surface area contributed by atoms with E-state index < -0.39 is 18.0 Å².